The van der Waals surface area contributed by atoms with E-state index in [4.69, 9.17) is 10.5 Å². The molecule has 0 aliphatic rings. The summed E-state index contributed by atoms with van der Waals surface area (Å²) in [4.78, 5) is 0. The van der Waals surface area contributed by atoms with Crippen LogP contribution in [-0.4, -0.2) is 7.11 Å². The fourth-order valence-corrected chi connectivity index (χ4v) is 1.77. The summed E-state index contributed by atoms with van der Waals surface area (Å²) in [7, 11) is 1.54. The topological polar surface area (TPSA) is 35.2 Å². The molecular weight excluding hydrogens is 205 g/mol. The second kappa shape index (κ2) is 5.85. The molecule has 2 N–H and O–H groups in total. The lowest BCUT2D eigenvalue weighted by Gasteiger charge is -2.19. The molecule has 0 aromatic heterocycles. The Morgan fingerprint density at radius 3 is 2.69 bits per heavy atom. The SMILES string of the molecule is CCC(C)CC(N)c1c(F)cccc1OC. The highest BCUT2D eigenvalue weighted by Crippen LogP contribution is 2.30. The first-order valence-electron chi connectivity index (χ1n) is 5.68. The monoisotopic (exact) mass is 225 g/mol. The van der Waals surface area contributed by atoms with Crippen molar-refractivity contribution < 1.29 is 9.13 Å². The van der Waals surface area contributed by atoms with Gasteiger partial charge in [-0.15, -0.1) is 0 Å². The first kappa shape index (κ1) is 13.0. The van der Waals surface area contributed by atoms with Crippen molar-refractivity contribution in [3.63, 3.8) is 0 Å². The number of nitrogens with two attached hydrogens (primary N) is 1. The van der Waals surface area contributed by atoms with Crippen LogP contribution in [0.15, 0.2) is 18.2 Å². The van der Waals surface area contributed by atoms with Gasteiger partial charge in [0.25, 0.3) is 0 Å². The van der Waals surface area contributed by atoms with Crippen LogP contribution in [0.25, 0.3) is 0 Å². The molecule has 0 fully saturated rings. The highest BCUT2D eigenvalue weighted by atomic mass is 19.1. The van der Waals surface area contributed by atoms with Crippen LogP contribution < -0.4 is 10.5 Å². The largest absolute Gasteiger partial charge is 0.496 e. The lowest BCUT2D eigenvalue weighted by atomic mass is 9.94. The Morgan fingerprint density at radius 2 is 2.12 bits per heavy atom. The molecule has 3 heteroatoms. The average molecular weight is 225 g/mol. The van der Waals surface area contributed by atoms with Gasteiger partial charge in [-0.25, -0.2) is 4.39 Å². The number of methoxy groups -OCH3 is 1. The number of halogens is 1. The van der Waals surface area contributed by atoms with Crippen molar-refractivity contribution in [3.05, 3.63) is 29.6 Å². The quantitative estimate of drug-likeness (QED) is 0.834. The second-order valence-corrected chi connectivity index (χ2v) is 4.21. The van der Waals surface area contributed by atoms with Gasteiger partial charge in [-0.2, -0.15) is 0 Å². The van der Waals surface area contributed by atoms with Crippen molar-refractivity contribution >= 4 is 0 Å². The van der Waals surface area contributed by atoms with E-state index in [-0.39, 0.29) is 11.9 Å². The van der Waals surface area contributed by atoms with Crippen molar-refractivity contribution in [2.45, 2.75) is 32.7 Å². The maximum Gasteiger partial charge on any atom is 0.131 e. The Bertz CT molecular complexity index is 341. The van der Waals surface area contributed by atoms with Crippen molar-refractivity contribution in [1.29, 1.82) is 0 Å². The van der Waals surface area contributed by atoms with Crippen molar-refractivity contribution in [1.82, 2.24) is 0 Å². The number of hydrogen-bond donors (Lipinski definition) is 1. The molecule has 0 saturated heterocycles. The summed E-state index contributed by atoms with van der Waals surface area (Å²) in [5.41, 5.74) is 6.52. The summed E-state index contributed by atoms with van der Waals surface area (Å²) in [6.45, 7) is 4.23. The summed E-state index contributed by atoms with van der Waals surface area (Å²) in [6, 6.07) is 4.50. The standard InChI is InChI=1S/C13H20FNO/c1-4-9(2)8-11(15)13-10(14)6-5-7-12(13)16-3/h5-7,9,11H,4,8,15H2,1-3H3. The van der Waals surface area contributed by atoms with E-state index in [1.54, 1.807) is 12.1 Å². The molecule has 2 nitrogen and oxygen atoms in total. The van der Waals surface area contributed by atoms with Crippen LogP contribution in [0.2, 0.25) is 0 Å². The molecule has 1 aromatic rings. The zero-order chi connectivity index (χ0) is 12.1. The number of hydrogen-bond acceptors (Lipinski definition) is 2. The third kappa shape index (κ3) is 2.95. The number of rotatable bonds is 5. The van der Waals surface area contributed by atoms with E-state index in [1.807, 2.05) is 0 Å². The van der Waals surface area contributed by atoms with Gasteiger partial charge in [0.15, 0.2) is 0 Å². The fraction of sp³-hybridized carbons (Fsp3) is 0.538. The van der Waals surface area contributed by atoms with Crippen molar-refractivity contribution in [3.8, 4) is 5.75 Å². The van der Waals surface area contributed by atoms with Gasteiger partial charge in [-0.3, -0.25) is 0 Å². The highest BCUT2D eigenvalue weighted by molar-refractivity contribution is 5.37. The molecule has 0 heterocycles. The van der Waals surface area contributed by atoms with Crippen molar-refractivity contribution in [2.24, 2.45) is 11.7 Å². The predicted octanol–water partition coefficient (Wildman–Crippen LogP) is 3.27. The minimum atomic E-state index is -0.300. The van der Waals surface area contributed by atoms with Gasteiger partial charge in [0.2, 0.25) is 0 Å². The highest BCUT2D eigenvalue weighted by Gasteiger charge is 2.18. The summed E-state index contributed by atoms with van der Waals surface area (Å²) in [5.74, 6) is 0.741. The normalized spacial score (nSPS) is 14.6. The fourth-order valence-electron chi connectivity index (χ4n) is 1.77. The molecule has 90 valence electrons. The van der Waals surface area contributed by atoms with Crippen LogP contribution in [-0.2, 0) is 0 Å². The molecule has 0 aliphatic carbocycles. The molecule has 0 bridgehead atoms. The maximum absolute atomic E-state index is 13.7. The van der Waals surface area contributed by atoms with Crippen LogP contribution in [0.5, 0.6) is 5.75 Å². The van der Waals surface area contributed by atoms with Crippen LogP contribution >= 0.6 is 0 Å². The Labute approximate surface area is 96.6 Å². The zero-order valence-corrected chi connectivity index (χ0v) is 10.2. The molecule has 0 amide bonds. The Kier molecular flexibility index (Phi) is 4.74. The Balaban J connectivity index is 2.93. The van der Waals surface area contributed by atoms with Gasteiger partial charge < -0.3 is 10.5 Å². The van der Waals surface area contributed by atoms with E-state index >= 15 is 0 Å². The van der Waals surface area contributed by atoms with Gasteiger partial charge in [0, 0.05) is 11.6 Å². The molecule has 2 unspecified atom stereocenters. The van der Waals surface area contributed by atoms with Crippen LogP contribution in [0.4, 0.5) is 4.39 Å². The van der Waals surface area contributed by atoms with Gasteiger partial charge in [0.05, 0.1) is 7.11 Å². The Morgan fingerprint density at radius 1 is 1.44 bits per heavy atom. The first-order chi connectivity index (χ1) is 7.60. The molecular formula is C13H20FNO. The van der Waals surface area contributed by atoms with E-state index in [2.05, 4.69) is 13.8 Å². The van der Waals surface area contributed by atoms with Crippen LogP contribution in [0, 0.1) is 11.7 Å². The zero-order valence-electron chi connectivity index (χ0n) is 10.2. The van der Waals surface area contributed by atoms with E-state index in [9.17, 15) is 4.39 Å². The third-order valence-electron chi connectivity index (χ3n) is 2.96. The Hall–Kier alpha value is -1.09. The van der Waals surface area contributed by atoms with Crippen molar-refractivity contribution in [2.75, 3.05) is 7.11 Å². The van der Waals surface area contributed by atoms with E-state index in [0.717, 1.165) is 12.8 Å². The minimum Gasteiger partial charge on any atom is -0.496 e. The molecule has 1 aromatic carbocycles. The van der Waals surface area contributed by atoms with E-state index in [1.165, 1.54) is 13.2 Å². The van der Waals surface area contributed by atoms with Gasteiger partial charge >= 0.3 is 0 Å². The predicted molar refractivity (Wildman–Crippen MR) is 64.0 cm³/mol. The molecule has 1 rings (SSSR count). The van der Waals surface area contributed by atoms with E-state index in [0.29, 0.717) is 17.2 Å². The second-order valence-electron chi connectivity index (χ2n) is 4.21. The van der Waals surface area contributed by atoms with Crippen LogP contribution in [0.1, 0.15) is 38.3 Å². The van der Waals surface area contributed by atoms with Gasteiger partial charge in [-0.1, -0.05) is 26.3 Å². The van der Waals surface area contributed by atoms with Gasteiger partial charge in [0.1, 0.15) is 11.6 Å². The first-order valence-corrected chi connectivity index (χ1v) is 5.68. The summed E-state index contributed by atoms with van der Waals surface area (Å²) in [5, 5.41) is 0. The lowest BCUT2D eigenvalue weighted by molar-refractivity contribution is 0.386. The number of benzene rings is 1. The minimum absolute atomic E-state index is 0.282. The molecule has 16 heavy (non-hydrogen) atoms. The van der Waals surface area contributed by atoms with E-state index < -0.39 is 0 Å². The molecule has 0 saturated carbocycles. The molecule has 0 radical (unpaired) electrons. The number of ether oxygens (including phenoxy) is 1. The summed E-state index contributed by atoms with van der Waals surface area (Å²) >= 11 is 0. The van der Waals surface area contributed by atoms with Gasteiger partial charge in [-0.05, 0) is 24.5 Å². The molecule has 2 atom stereocenters. The summed E-state index contributed by atoms with van der Waals surface area (Å²) in [6.07, 6.45) is 1.82. The molecule has 0 spiro atoms. The third-order valence-corrected chi connectivity index (χ3v) is 2.96. The molecule has 0 aliphatic heterocycles. The smallest absolute Gasteiger partial charge is 0.131 e. The van der Waals surface area contributed by atoms with Crippen LogP contribution in [0.3, 0.4) is 0 Å². The summed E-state index contributed by atoms with van der Waals surface area (Å²) < 4.78 is 18.8. The maximum atomic E-state index is 13.7. The lowest BCUT2D eigenvalue weighted by Crippen LogP contribution is -2.16. The average Bonchev–Trinajstić information content (AvgIpc) is 2.28.